The highest BCUT2D eigenvalue weighted by atomic mass is 32.2. The average Bonchev–Trinajstić information content (AvgIpc) is 0.821. The average molecular weight is 2100 g/mol. The molecule has 0 spiro atoms. The number of nitrogens with zero attached hydrogens (tertiary/aromatic N) is 3. The van der Waals surface area contributed by atoms with E-state index in [-0.39, 0.29) is 52.8 Å². The maximum atomic E-state index is 11.3. The van der Waals surface area contributed by atoms with Crippen LogP contribution >= 0.6 is 0 Å². The first-order valence-electron chi connectivity index (χ1n) is 56.1. The Bertz CT molecular complexity index is 3650. The predicted molar refractivity (Wildman–Crippen MR) is 589 cm³/mol. The van der Waals surface area contributed by atoms with Gasteiger partial charge in [0.25, 0.3) is 0 Å². The Morgan fingerprint density at radius 1 is 0.298 bits per heavy atom. The molecule has 141 heavy (non-hydrogen) atoms. The summed E-state index contributed by atoms with van der Waals surface area (Å²) in [5.41, 5.74) is 0. The lowest BCUT2D eigenvalue weighted by atomic mass is 9.87. The third-order valence-corrected chi connectivity index (χ3v) is 38.8. The molecule has 0 aromatic rings. The first kappa shape index (κ1) is 136. The molecule has 836 valence electrons. The highest BCUT2D eigenvalue weighted by Gasteiger charge is 2.34. The molecule has 14 heterocycles. The molecule has 0 bridgehead atoms. The Hall–Kier alpha value is -3.26. The van der Waals surface area contributed by atoms with Crippen molar-refractivity contribution in [2.75, 3.05) is 121 Å². The van der Waals surface area contributed by atoms with Crippen LogP contribution in [0.5, 0.6) is 0 Å². The number of carbonyl (C=O) groups is 5. The standard InChI is InChI=1S/5C8H15NO.4C8H17N.5C7H15NO2S/c1-6(2)7-3-4-9-8(10)5-7;1-6(2)7-3-4-8(10)9-5-7;1-7(2)9-6-4-3-5-8(9)10;1-6(2)7-4-3-5-9-8(7)10;1-6(2)7-4-3-5-8(10)9-7;1-7(2)8-3-5-9-6-4-8;1-7(2)8-4-3-5-9-6-8;1-8(2)9-6-4-3-5-7-9;1-7(2)8-5-3-4-6-9-8;1-6(2)7-3-4-11(9,10)8-5-7;1-6(2)7-3-4-8-11(9,10)5-7;1-7(2)8-5-3-4-6-11(8,9)10;1-6(2)7-4-3-5-11(9,10)8-7;1-6(2)7-4-3-5-8-11(7,9)10/h2*6-7H,3-5H2,1-2H3,(H,9,10);7H,3-6H2,1-2H3;2*6-7H,3-5H2,1-2H3,(H,9,10);2*7-9H,3-6H2,1-2H3;8H,3-7H2,1-2H3;7-9H,3-6H2,1-2H3;2*6-8H,3-5H2,1-2H3;7H,3-6H2,1-2H3;2*6-8H,3-5H2,1-2H3. The minimum atomic E-state index is -2.97. The van der Waals surface area contributed by atoms with E-state index in [0.717, 1.165) is 190 Å². The predicted octanol–water partition coefficient (Wildman–Crippen LogP) is 16.6. The number of piperidine rings is 9. The summed E-state index contributed by atoms with van der Waals surface area (Å²) >= 11 is 0. The van der Waals surface area contributed by atoms with Crippen molar-refractivity contribution >= 4 is 79.7 Å². The van der Waals surface area contributed by atoms with E-state index in [1.807, 2.05) is 46.4 Å². The van der Waals surface area contributed by atoms with Crippen LogP contribution in [0.4, 0.5) is 0 Å². The van der Waals surface area contributed by atoms with Crippen molar-refractivity contribution in [3.05, 3.63) is 0 Å². The monoisotopic (exact) mass is 2100 g/mol. The number of amides is 5. The van der Waals surface area contributed by atoms with Gasteiger partial charge in [-0.3, -0.25) is 24.0 Å². The van der Waals surface area contributed by atoms with Crippen LogP contribution < -0.4 is 56.1 Å². The number of hydrogen-bond donors (Lipinski definition) is 11. The first-order chi connectivity index (χ1) is 65.9. The van der Waals surface area contributed by atoms with Crippen LogP contribution in [0.15, 0.2) is 0 Å². The summed E-state index contributed by atoms with van der Waals surface area (Å²) in [5, 5.41) is 21.7. The largest absolute Gasteiger partial charge is 0.356 e. The quantitative estimate of drug-likeness (QED) is 0.0769. The Balaban J connectivity index is 0.000000760. The highest BCUT2D eigenvalue weighted by Crippen LogP contribution is 2.28. The van der Waals surface area contributed by atoms with Gasteiger partial charge in [-0.2, -0.15) is 4.31 Å². The van der Waals surface area contributed by atoms with E-state index in [4.69, 9.17) is 0 Å². The topological polar surface area (TPSA) is 398 Å². The lowest BCUT2D eigenvalue weighted by Crippen LogP contribution is -2.43. The van der Waals surface area contributed by atoms with Gasteiger partial charge in [0.2, 0.25) is 79.7 Å². The van der Waals surface area contributed by atoms with Gasteiger partial charge in [-0.1, -0.05) is 165 Å². The van der Waals surface area contributed by atoms with E-state index in [2.05, 4.69) is 213 Å². The van der Waals surface area contributed by atoms with Crippen LogP contribution in [0.1, 0.15) is 386 Å². The Labute approximate surface area is 865 Å². The fourth-order valence-corrected chi connectivity index (χ4v) is 27.6. The summed E-state index contributed by atoms with van der Waals surface area (Å²) in [6.45, 7) is 75.2. The number of rotatable bonds is 14. The summed E-state index contributed by atoms with van der Waals surface area (Å²) in [6, 6.07) is 2.69. The zero-order valence-corrected chi connectivity index (χ0v) is 98.7. The normalized spacial score (nSPS) is 27.2. The fourth-order valence-electron chi connectivity index (χ4n) is 19.5. The van der Waals surface area contributed by atoms with Gasteiger partial charge in [-0.15, -0.1) is 0 Å². The molecule has 14 fully saturated rings. The van der Waals surface area contributed by atoms with Crippen molar-refractivity contribution in [1.82, 2.24) is 70.2 Å². The van der Waals surface area contributed by atoms with Crippen LogP contribution in [0.3, 0.4) is 0 Å². The molecule has 10 unspecified atom stereocenters. The Morgan fingerprint density at radius 2 is 0.844 bits per heavy atom. The molecule has 10 atom stereocenters. The molecule has 14 aliphatic heterocycles. The van der Waals surface area contributed by atoms with E-state index < -0.39 is 50.1 Å². The van der Waals surface area contributed by atoms with E-state index in [0.29, 0.717) is 132 Å². The maximum absolute atomic E-state index is 11.3. The van der Waals surface area contributed by atoms with E-state index in [9.17, 15) is 66.1 Å². The van der Waals surface area contributed by atoms with Gasteiger partial charge in [0.1, 0.15) is 0 Å². The number of nitrogens with one attached hydrogen (secondary N) is 11. The zero-order chi connectivity index (χ0) is 107. The van der Waals surface area contributed by atoms with E-state index >= 15 is 0 Å². The van der Waals surface area contributed by atoms with Crippen molar-refractivity contribution in [3.63, 3.8) is 0 Å². The molecule has 0 radical (unpaired) electrons. The van der Waals surface area contributed by atoms with Crippen molar-refractivity contribution < 1.29 is 66.1 Å². The van der Waals surface area contributed by atoms with Gasteiger partial charge >= 0.3 is 0 Å². The van der Waals surface area contributed by atoms with E-state index in [1.165, 1.54) is 116 Å². The SMILES string of the molecule is CC(C)C1CCC(=O)NC1.CC(C)C1CCCC(=O)N1.CC(C)C1CCCCN1.CC(C)C1CCCNC1.CC(C)C1CCCNC1=O.CC(C)C1CCCNS1(=O)=O.CC(C)C1CCCS(=O)(=O)N1.CC(C)C1CCNC(=O)C1.CC(C)C1CCNCC1.CC(C)C1CCNS(=O)(=O)C1.CC(C)C1CCS(=O)(=O)NC1.CC(C)N1CCCCC1.CC(C)N1CCCCC1=O.CC(C)N1CCCCS1(=O)=O. The summed E-state index contributed by atoms with van der Waals surface area (Å²) in [7, 11) is -14.6. The second-order valence-electron chi connectivity index (χ2n) is 46.5. The van der Waals surface area contributed by atoms with Crippen LogP contribution in [0.25, 0.3) is 0 Å². The number of sulfonamides is 5. The molecule has 14 saturated heterocycles. The van der Waals surface area contributed by atoms with Crippen LogP contribution in [-0.2, 0) is 74.1 Å². The minimum Gasteiger partial charge on any atom is -0.356 e. The van der Waals surface area contributed by atoms with Gasteiger partial charge < -0.3 is 47.0 Å². The minimum absolute atomic E-state index is 0.125. The maximum Gasteiger partial charge on any atom is 0.223 e. The molecule has 34 heteroatoms. The van der Waals surface area contributed by atoms with Crippen molar-refractivity contribution in [1.29, 1.82) is 0 Å². The molecule has 0 aliphatic carbocycles. The van der Waals surface area contributed by atoms with Crippen LogP contribution in [0, 0.1) is 107 Å². The van der Waals surface area contributed by atoms with Gasteiger partial charge in [-0.25, -0.2) is 61.0 Å². The number of carbonyl (C=O) groups excluding carboxylic acids is 5. The van der Waals surface area contributed by atoms with Gasteiger partial charge in [-0.05, 0) is 342 Å². The fraction of sp³-hybridized carbons (Fsp3) is 0.953. The Kier molecular flexibility index (Phi) is 70.3. The smallest absolute Gasteiger partial charge is 0.223 e. The molecule has 14 aliphatic rings. The van der Waals surface area contributed by atoms with Crippen LogP contribution in [0.2, 0.25) is 0 Å². The third kappa shape index (κ3) is 61.6. The Morgan fingerprint density at radius 3 is 1.21 bits per heavy atom. The molecular formula is C107H218N14O15S5. The molecular weight excluding hydrogens is 1880 g/mol. The van der Waals surface area contributed by atoms with Crippen LogP contribution in [-0.4, -0.2) is 248 Å². The zero-order valence-electron chi connectivity index (χ0n) is 94.6. The summed E-state index contributed by atoms with van der Waals surface area (Å²) in [4.78, 5) is 59.3. The highest BCUT2D eigenvalue weighted by molar-refractivity contribution is 7.90. The van der Waals surface area contributed by atoms with Crippen molar-refractivity contribution in [3.8, 4) is 0 Å². The molecule has 0 aromatic heterocycles. The van der Waals surface area contributed by atoms with Gasteiger partial charge in [0, 0.05) is 120 Å². The molecule has 14 rings (SSSR count). The van der Waals surface area contributed by atoms with Gasteiger partial charge in [0.05, 0.1) is 28.3 Å². The third-order valence-electron chi connectivity index (χ3n) is 30.2. The number of hydrogen-bond acceptors (Lipinski definition) is 19. The van der Waals surface area contributed by atoms with Crippen molar-refractivity contribution in [2.45, 2.75) is 428 Å². The summed E-state index contributed by atoms with van der Waals surface area (Å²) in [5.74, 6) is 13.7. The van der Waals surface area contributed by atoms with E-state index in [1.54, 1.807) is 4.31 Å². The lowest BCUT2D eigenvalue weighted by molar-refractivity contribution is -0.135. The molecule has 11 N–H and O–H groups in total. The molecule has 29 nitrogen and oxygen atoms in total. The summed E-state index contributed by atoms with van der Waals surface area (Å²) < 4.78 is 123. The first-order valence-corrected chi connectivity index (χ1v) is 64.2. The molecule has 0 aromatic carbocycles. The molecule has 0 saturated carbocycles. The second kappa shape index (κ2) is 73.0. The van der Waals surface area contributed by atoms with Gasteiger partial charge in [0.15, 0.2) is 0 Å². The number of likely N-dealkylation sites (tertiary alicyclic amines) is 2. The van der Waals surface area contributed by atoms with Crippen molar-refractivity contribution in [2.24, 2.45) is 107 Å². The summed E-state index contributed by atoms with van der Waals surface area (Å²) in [6.07, 6.45) is 33.1. The molecule has 5 amide bonds. The lowest BCUT2D eigenvalue weighted by Gasteiger charge is -2.30. The second-order valence-corrected chi connectivity index (χ2v) is 56.2.